The van der Waals surface area contributed by atoms with Crippen molar-refractivity contribution in [1.82, 2.24) is 0 Å². The Bertz CT molecular complexity index is 496. The zero-order chi connectivity index (χ0) is 12.6. The van der Waals surface area contributed by atoms with Crippen molar-refractivity contribution in [2.75, 3.05) is 0 Å². The van der Waals surface area contributed by atoms with Gasteiger partial charge in [-0.3, -0.25) is 0 Å². The molecule has 1 unspecified atom stereocenters. The van der Waals surface area contributed by atoms with Crippen molar-refractivity contribution in [3.8, 4) is 6.07 Å². The number of benzene rings is 1. The SMILES string of the molecule is N#CC1(C2(O)CCc3ccccc32)CCCCC1. The van der Waals surface area contributed by atoms with Gasteiger partial charge in [-0.1, -0.05) is 43.5 Å². The summed E-state index contributed by atoms with van der Waals surface area (Å²) in [7, 11) is 0. The first kappa shape index (κ1) is 11.7. The van der Waals surface area contributed by atoms with Crippen molar-refractivity contribution in [2.24, 2.45) is 5.41 Å². The summed E-state index contributed by atoms with van der Waals surface area (Å²) in [4.78, 5) is 0. The second kappa shape index (κ2) is 4.10. The molecule has 0 amide bonds. The Morgan fingerprint density at radius 3 is 2.50 bits per heavy atom. The summed E-state index contributed by atoms with van der Waals surface area (Å²) < 4.78 is 0. The Labute approximate surface area is 108 Å². The summed E-state index contributed by atoms with van der Waals surface area (Å²) in [6.45, 7) is 0. The number of rotatable bonds is 1. The largest absolute Gasteiger partial charge is 0.383 e. The van der Waals surface area contributed by atoms with Crippen molar-refractivity contribution in [2.45, 2.75) is 50.5 Å². The van der Waals surface area contributed by atoms with Crippen LogP contribution in [0.5, 0.6) is 0 Å². The highest BCUT2D eigenvalue weighted by Gasteiger charge is 2.54. The van der Waals surface area contributed by atoms with Gasteiger partial charge in [-0.25, -0.2) is 0 Å². The molecule has 2 aliphatic rings. The van der Waals surface area contributed by atoms with E-state index in [-0.39, 0.29) is 0 Å². The third-order valence-corrected chi connectivity index (χ3v) is 4.93. The number of fused-ring (bicyclic) bond motifs is 1. The van der Waals surface area contributed by atoms with Crippen LogP contribution >= 0.6 is 0 Å². The van der Waals surface area contributed by atoms with Gasteiger partial charge in [-0.15, -0.1) is 0 Å². The Morgan fingerprint density at radius 2 is 1.78 bits per heavy atom. The molecule has 0 aliphatic heterocycles. The Kier molecular flexibility index (Phi) is 2.68. The first-order valence-electron chi connectivity index (χ1n) is 6.94. The van der Waals surface area contributed by atoms with Crippen LogP contribution in [0.25, 0.3) is 0 Å². The fraction of sp³-hybridized carbons (Fsp3) is 0.562. The Morgan fingerprint density at radius 1 is 1.06 bits per heavy atom. The lowest BCUT2D eigenvalue weighted by molar-refractivity contribution is -0.0774. The maximum Gasteiger partial charge on any atom is 0.109 e. The fourth-order valence-corrected chi connectivity index (χ4v) is 3.86. The highest BCUT2D eigenvalue weighted by molar-refractivity contribution is 5.41. The second-order valence-electron chi connectivity index (χ2n) is 5.77. The van der Waals surface area contributed by atoms with Crippen LogP contribution in [0.4, 0.5) is 0 Å². The van der Waals surface area contributed by atoms with E-state index in [4.69, 9.17) is 0 Å². The van der Waals surface area contributed by atoms with Gasteiger partial charge in [-0.05, 0) is 36.8 Å². The molecule has 3 rings (SSSR count). The lowest BCUT2D eigenvalue weighted by Gasteiger charge is -2.43. The molecule has 0 saturated heterocycles. The molecule has 0 radical (unpaired) electrons. The normalized spacial score (nSPS) is 29.6. The standard InChI is InChI=1S/C16H19NO/c17-12-15(9-4-1-5-10-15)16(18)11-8-13-6-2-3-7-14(13)16/h2-3,6-7,18H,1,4-5,8-11H2. The molecule has 1 N–H and O–H groups in total. The van der Waals surface area contributed by atoms with Crippen molar-refractivity contribution < 1.29 is 5.11 Å². The van der Waals surface area contributed by atoms with Gasteiger partial charge < -0.3 is 5.11 Å². The van der Waals surface area contributed by atoms with Crippen LogP contribution in [0.15, 0.2) is 24.3 Å². The molecule has 2 heteroatoms. The van der Waals surface area contributed by atoms with E-state index in [1.54, 1.807) is 0 Å². The smallest absolute Gasteiger partial charge is 0.109 e. The van der Waals surface area contributed by atoms with Crippen molar-refractivity contribution in [3.05, 3.63) is 35.4 Å². The van der Waals surface area contributed by atoms with Gasteiger partial charge in [0.25, 0.3) is 0 Å². The molecule has 0 heterocycles. The number of nitriles is 1. The number of nitrogens with zero attached hydrogens (tertiary/aromatic N) is 1. The van der Waals surface area contributed by atoms with Crippen LogP contribution in [0.3, 0.4) is 0 Å². The lowest BCUT2D eigenvalue weighted by Crippen LogP contribution is -2.44. The van der Waals surface area contributed by atoms with Gasteiger partial charge >= 0.3 is 0 Å². The van der Waals surface area contributed by atoms with Gasteiger partial charge in [0.1, 0.15) is 5.60 Å². The summed E-state index contributed by atoms with van der Waals surface area (Å²) in [6.07, 6.45) is 6.62. The van der Waals surface area contributed by atoms with Crippen LogP contribution in [0.2, 0.25) is 0 Å². The van der Waals surface area contributed by atoms with Gasteiger partial charge in [0.15, 0.2) is 0 Å². The molecule has 0 aromatic heterocycles. The van der Waals surface area contributed by atoms with Gasteiger partial charge in [0.2, 0.25) is 0 Å². The molecule has 0 spiro atoms. The second-order valence-corrected chi connectivity index (χ2v) is 5.77. The number of hydrogen-bond acceptors (Lipinski definition) is 2. The minimum Gasteiger partial charge on any atom is -0.383 e. The van der Waals surface area contributed by atoms with Crippen molar-refractivity contribution >= 4 is 0 Å². The van der Waals surface area contributed by atoms with Gasteiger partial charge in [-0.2, -0.15) is 5.26 Å². The van der Waals surface area contributed by atoms with E-state index in [0.717, 1.165) is 37.7 Å². The quantitative estimate of drug-likeness (QED) is 0.820. The Balaban J connectivity index is 2.08. The molecule has 1 fully saturated rings. The minimum atomic E-state index is -0.918. The third-order valence-electron chi connectivity index (χ3n) is 4.93. The van der Waals surface area contributed by atoms with Crippen molar-refractivity contribution in [1.29, 1.82) is 5.26 Å². The molecule has 2 aliphatic carbocycles. The van der Waals surface area contributed by atoms with E-state index in [9.17, 15) is 10.4 Å². The summed E-state index contributed by atoms with van der Waals surface area (Å²) in [5, 5.41) is 20.9. The van der Waals surface area contributed by atoms with E-state index in [1.165, 1.54) is 12.0 Å². The molecule has 94 valence electrons. The number of aliphatic hydroxyl groups is 1. The molecule has 1 aromatic carbocycles. The van der Waals surface area contributed by atoms with Crippen LogP contribution < -0.4 is 0 Å². The summed E-state index contributed by atoms with van der Waals surface area (Å²) >= 11 is 0. The predicted octanol–water partition coefficient (Wildman–Crippen LogP) is 3.29. The van der Waals surface area contributed by atoms with E-state index in [0.29, 0.717) is 6.42 Å². The third kappa shape index (κ3) is 1.44. The summed E-state index contributed by atoms with van der Waals surface area (Å²) in [5.74, 6) is 0. The highest BCUT2D eigenvalue weighted by atomic mass is 16.3. The molecule has 18 heavy (non-hydrogen) atoms. The minimum absolute atomic E-state index is 0.558. The summed E-state index contributed by atoms with van der Waals surface area (Å²) in [6, 6.07) is 10.6. The average Bonchev–Trinajstić information content (AvgIpc) is 2.79. The van der Waals surface area contributed by atoms with E-state index in [2.05, 4.69) is 12.1 Å². The van der Waals surface area contributed by atoms with Crippen molar-refractivity contribution in [3.63, 3.8) is 0 Å². The van der Waals surface area contributed by atoms with E-state index < -0.39 is 11.0 Å². The van der Waals surface area contributed by atoms with Gasteiger partial charge in [0, 0.05) is 0 Å². The molecule has 1 atom stereocenters. The van der Waals surface area contributed by atoms with Crippen LogP contribution in [-0.2, 0) is 12.0 Å². The molecular formula is C16H19NO. The predicted molar refractivity (Wildman–Crippen MR) is 69.8 cm³/mol. The lowest BCUT2D eigenvalue weighted by atomic mass is 9.62. The maximum absolute atomic E-state index is 11.2. The zero-order valence-corrected chi connectivity index (χ0v) is 10.7. The van der Waals surface area contributed by atoms with Crippen LogP contribution in [0, 0.1) is 16.7 Å². The van der Waals surface area contributed by atoms with Gasteiger partial charge in [0.05, 0.1) is 11.5 Å². The number of aryl methyl sites for hydroxylation is 1. The maximum atomic E-state index is 11.2. The van der Waals surface area contributed by atoms with Crippen LogP contribution in [-0.4, -0.2) is 5.11 Å². The zero-order valence-electron chi connectivity index (χ0n) is 10.7. The average molecular weight is 241 g/mol. The highest BCUT2D eigenvalue weighted by Crippen LogP contribution is 2.55. The molecule has 1 aromatic rings. The first-order chi connectivity index (χ1) is 8.72. The van der Waals surface area contributed by atoms with E-state index >= 15 is 0 Å². The van der Waals surface area contributed by atoms with E-state index in [1.807, 2.05) is 18.2 Å². The molecule has 2 nitrogen and oxygen atoms in total. The fourth-order valence-electron chi connectivity index (χ4n) is 3.86. The molecular weight excluding hydrogens is 222 g/mol. The Hall–Kier alpha value is -1.33. The van der Waals surface area contributed by atoms with Crippen LogP contribution in [0.1, 0.15) is 49.7 Å². The molecule has 1 saturated carbocycles. The number of hydrogen-bond donors (Lipinski definition) is 1. The monoisotopic (exact) mass is 241 g/mol. The topological polar surface area (TPSA) is 44.0 Å². The first-order valence-corrected chi connectivity index (χ1v) is 6.94. The summed E-state index contributed by atoms with van der Waals surface area (Å²) in [5.41, 5.74) is 0.755. The molecule has 0 bridgehead atoms.